The van der Waals surface area contributed by atoms with Crippen molar-refractivity contribution in [2.75, 3.05) is 0 Å². The molecule has 0 bridgehead atoms. The molecule has 0 amide bonds. The van der Waals surface area contributed by atoms with Gasteiger partial charge in [0, 0.05) is 11.6 Å². The Morgan fingerprint density at radius 3 is 2.48 bits per heavy atom. The summed E-state index contributed by atoms with van der Waals surface area (Å²) >= 11 is 11.2. The molecule has 0 aliphatic carbocycles. The number of rotatable bonds is 4. The lowest BCUT2D eigenvalue weighted by molar-refractivity contribution is -0.384. The van der Waals surface area contributed by atoms with Gasteiger partial charge in [0.2, 0.25) is 0 Å². The Kier molecular flexibility index (Phi) is 5.25. The molecule has 8 heteroatoms. The van der Waals surface area contributed by atoms with Crippen LogP contribution in [0.15, 0.2) is 48.0 Å². The van der Waals surface area contributed by atoms with Crippen LogP contribution in [-0.2, 0) is 4.79 Å². The molecule has 0 unspecified atom stereocenters. The van der Waals surface area contributed by atoms with E-state index in [1.807, 2.05) is 31.2 Å². The average Bonchev–Trinajstić information content (AvgIpc) is 2.61. The SMILES string of the molecule is CC(=O)C1=C(c2ccc(C)cc2)NC(=S)N[C@@H]1c1ccc(Cl)c([N+](=O)[O-])c1. The molecule has 1 aliphatic rings. The van der Waals surface area contributed by atoms with Crippen LogP contribution < -0.4 is 10.6 Å². The molecule has 2 N–H and O–H groups in total. The predicted octanol–water partition coefficient (Wildman–Crippen LogP) is 4.08. The summed E-state index contributed by atoms with van der Waals surface area (Å²) in [4.78, 5) is 23.2. The molecule has 2 aromatic carbocycles. The smallest absolute Gasteiger partial charge is 0.288 e. The highest BCUT2D eigenvalue weighted by Crippen LogP contribution is 2.35. The van der Waals surface area contributed by atoms with Crippen LogP contribution in [-0.4, -0.2) is 15.8 Å². The minimum Gasteiger partial charge on any atom is -0.351 e. The quantitative estimate of drug-likeness (QED) is 0.456. The van der Waals surface area contributed by atoms with Gasteiger partial charge < -0.3 is 10.6 Å². The van der Waals surface area contributed by atoms with Gasteiger partial charge in [-0.2, -0.15) is 0 Å². The predicted molar refractivity (Wildman–Crippen MR) is 108 cm³/mol. The van der Waals surface area contributed by atoms with E-state index >= 15 is 0 Å². The summed E-state index contributed by atoms with van der Waals surface area (Å²) in [7, 11) is 0. The highest BCUT2D eigenvalue weighted by molar-refractivity contribution is 7.80. The Balaban J connectivity index is 2.19. The first-order valence-corrected chi connectivity index (χ1v) is 8.90. The fourth-order valence-corrected chi connectivity index (χ4v) is 3.40. The molecule has 0 saturated heterocycles. The van der Waals surface area contributed by atoms with E-state index in [1.54, 1.807) is 6.07 Å². The van der Waals surface area contributed by atoms with Crippen molar-refractivity contribution < 1.29 is 9.72 Å². The minimum absolute atomic E-state index is 0.0346. The lowest BCUT2D eigenvalue weighted by Gasteiger charge is -2.31. The van der Waals surface area contributed by atoms with Crippen molar-refractivity contribution in [2.45, 2.75) is 19.9 Å². The minimum atomic E-state index is -0.622. The zero-order valence-corrected chi connectivity index (χ0v) is 16.1. The standard InChI is InChI=1S/C19H16ClN3O3S/c1-10-3-5-12(6-4-10)17-16(11(2)24)18(22-19(27)21-17)13-7-8-14(20)15(9-13)23(25)26/h3-9,18H,1-2H3,(H2,21,22,27)/t18-/m1/s1. The second-order valence-electron chi connectivity index (χ2n) is 6.21. The Bertz CT molecular complexity index is 986. The Hall–Kier alpha value is -2.77. The van der Waals surface area contributed by atoms with Crippen LogP contribution in [0.3, 0.4) is 0 Å². The van der Waals surface area contributed by atoms with Crippen LogP contribution in [0, 0.1) is 17.0 Å². The molecule has 1 aliphatic heterocycles. The number of benzene rings is 2. The largest absolute Gasteiger partial charge is 0.351 e. The number of nitrogens with one attached hydrogen (secondary N) is 2. The Morgan fingerprint density at radius 1 is 1.22 bits per heavy atom. The molecule has 0 spiro atoms. The van der Waals surface area contributed by atoms with Crippen molar-refractivity contribution in [3.05, 3.63) is 79.9 Å². The van der Waals surface area contributed by atoms with Crippen molar-refractivity contribution >= 4 is 46.1 Å². The van der Waals surface area contributed by atoms with Crippen molar-refractivity contribution in [1.82, 2.24) is 10.6 Å². The first-order valence-electron chi connectivity index (χ1n) is 8.11. The Morgan fingerprint density at radius 2 is 1.89 bits per heavy atom. The maximum Gasteiger partial charge on any atom is 0.288 e. The van der Waals surface area contributed by atoms with E-state index in [-0.39, 0.29) is 16.5 Å². The van der Waals surface area contributed by atoms with E-state index in [2.05, 4.69) is 10.6 Å². The summed E-state index contributed by atoms with van der Waals surface area (Å²) < 4.78 is 0. The molecule has 27 heavy (non-hydrogen) atoms. The van der Waals surface area contributed by atoms with E-state index in [0.29, 0.717) is 21.9 Å². The maximum absolute atomic E-state index is 12.5. The van der Waals surface area contributed by atoms with Crippen LogP contribution in [0.5, 0.6) is 0 Å². The van der Waals surface area contributed by atoms with Crippen molar-refractivity contribution in [3.63, 3.8) is 0 Å². The summed E-state index contributed by atoms with van der Waals surface area (Å²) in [6.45, 7) is 3.43. The second-order valence-corrected chi connectivity index (χ2v) is 7.03. The lowest BCUT2D eigenvalue weighted by atomic mass is 9.90. The Labute approximate surface area is 166 Å². The molecule has 0 fully saturated rings. The van der Waals surface area contributed by atoms with Gasteiger partial charge in [-0.1, -0.05) is 47.5 Å². The van der Waals surface area contributed by atoms with E-state index in [0.717, 1.165) is 11.1 Å². The first-order chi connectivity index (χ1) is 12.8. The molecule has 6 nitrogen and oxygen atoms in total. The van der Waals surface area contributed by atoms with Gasteiger partial charge >= 0.3 is 0 Å². The third kappa shape index (κ3) is 3.84. The van der Waals surface area contributed by atoms with Crippen LogP contribution in [0.1, 0.15) is 29.7 Å². The number of ketones is 1. The maximum atomic E-state index is 12.5. The number of carbonyl (C=O) groups excluding carboxylic acids is 1. The van der Waals surface area contributed by atoms with Gasteiger partial charge in [0.05, 0.1) is 16.7 Å². The molecule has 0 radical (unpaired) electrons. The van der Waals surface area contributed by atoms with Gasteiger partial charge in [-0.15, -0.1) is 0 Å². The van der Waals surface area contributed by atoms with Gasteiger partial charge in [0.1, 0.15) is 5.02 Å². The molecule has 3 rings (SSSR count). The summed E-state index contributed by atoms with van der Waals surface area (Å²) in [5, 5.41) is 17.7. The number of halogens is 1. The fourth-order valence-electron chi connectivity index (χ4n) is 2.99. The van der Waals surface area contributed by atoms with Gasteiger partial charge in [-0.3, -0.25) is 14.9 Å². The van der Waals surface area contributed by atoms with Gasteiger partial charge in [-0.05, 0) is 43.3 Å². The number of thiocarbonyl (C=S) groups is 1. The lowest BCUT2D eigenvalue weighted by Crippen LogP contribution is -2.44. The second kappa shape index (κ2) is 7.46. The molecule has 138 valence electrons. The summed E-state index contributed by atoms with van der Waals surface area (Å²) in [5.41, 5.74) is 3.25. The highest BCUT2D eigenvalue weighted by Gasteiger charge is 2.31. The third-order valence-corrected chi connectivity index (χ3v) is 4.83. The highest BCUT2D eigenvalue weighted by atomic mass is 35.5. The number of carbonyl (C=O) groups is 1. The molecule has 1 heterocycles. The molecule has 0 saturated carbocycles. The average molecular weight is 402 g/mol. The van der Waals surface area contributed by atoms with Crippen LogP contribution >= 0.6 is 23.8 Å². The van der Waals surface area contributed by atoms with Crippen molar-refractivity contribution in [3.8, 4) is 0 Å². The van der Waals surface area contributed by atoms with Crippen molar-refractivity contribution in [1.29, 1.82) is 0 Å². The zero-order chi connectivity index (χ0) is 19.7. The molecule has 1 atom stereocenters. The van der Waals surface area contributed by atoms with Crippen LogP contribution in [0.25, 0.3) is 5.70 Å². The number of nitro groups is 1. The fraction of sp³-hybridized carbons (Fsp3) is 0.158. The van der Waals surface area contributed by atoms with E-state index in [4.69, 9.17) is 23.8 Å². The number of nitro benzene ring substituents is 1. The topological polar surface area (TPSA) is 84.3 Å². The molecule has 2 aromatic rings. The number of hydrogen-bond donors (Lipinski definition) is 2. The normalized spacial score (nSPS) is 16.6. The number of Topliss-reactive ketones (excluding diaryl/α,β-unsaturated/α-hetero) is 1. The molecular formula is C19H16ClN3O3S. The van der Waals surface area contributed by atoms with Crippen LogP contribution in [0.2, 0.25) is 5.02 Å². The number of hydrogen-bond acceptors (Lipinski definition) is 4. The van der Waals surface area contributed by atoms with Crippen molar-refractivity contribution in [2.24, 2.45) is 0 Å². The van der Waals surface area contributed by atoms with E-state index in [1.165, 1.54) is 19.1 Å². The summed E-state index contributed by atoms with van der Waals surface area (Å²) in [5.74, 6) is -0.171. The third-order valence-electron chi connectivity index (χ3n) is 4.29. The van der Waals surface area contributed by atoms with Gasteiger partial charge in [0.15, 0.2) is 10.9 Å². The van der Waals surface area contributed by atoms with Gasteiger partial charge in [0.25, 0.3) is 5.69 Å². The molecular weight excluding hydrogens is 386 g/mol. The van der Waals surface area contributed by atoms with Gasteiger partial charge in [-0.25, -0.2) is 0 Å². The summed E-state index contributed by atoms with van der Waals surface area (Å²) in [6, 6.07) is 11.5. The summed E-state index contributed by atoms with van der Waals surface area (Å²) in [6.07, 6.45) is 0. The molecule has 0 aromatic heterocycles. The first kappa shape index (κ1) is 19.0. The number of nitrogens with zero attached hydrogens (tertiary/aromatic N) is 1. The van der Waals surface area contributed by atoms with Crippen LogP contribution in [0.4, 0.5) is 5.69 Å². The van der Waals surface area contributed by atoms with E-state index < -0.39 is 11.0 Å². The zero-order valence-electron chi connectivity index (χ0n) is 14.6. The van der Waals surface area contributed by atoms with E-state index in [9.17, 15) is 14.9 Å². The monoisotopic (exact) mass is 401 g/mol. The number of aryl methyl sites for hydroxylation is 1.